The summed E-state index contributed by atoms with van der Waals surface area (Å²) < 4.78 is 0. The predicted molar refractivity (Wildman–Crippen MR) is 68.2 cm³/mol. The Morgan fingerprint density at radius 3 is 2.56 bits per heavy atom. The summed E-state index contributed by atoms with van der Waals surface area (Å²) in [6.07, 6.45) is 1.31. The molecule has 0 aliphatic carbocycles. The number of benzene rings is 1. The summed E-state index contributed by atoms with van der Waals surface area (Å²) in [7, 11) is 0. The van der Waals surface area contributed by atoms with Crippen molar-refractivity contribution in [2.45, 2.75) is 32.4 Å². The molecule has 0 radical (unpaired) electrons. The van der Waals surface area contributed by atoms with Gasteiger partial charge in [0, 0.05) is 25.2 Å². The van der Waals surface area contributed by atoms with Crippen molar-refractivity contribution in [1.29, 1.82) is 0 Å². The molecule has 1 saturated heterocycles. The fourth-order valence-electron chi connectivity index (χ4n) is 2.70. The summed E-state index contributed by atoms with van der Waals surface area (Å²) in [5.74, 6) is 0.818. The van der Waals surface area contributed by atoms with Crippen molar-refractivity contribution in [1.82, 2.24) is 4.90 Å². The largest absolute Gasteiger partial charge is 0.323 e. The SMILES string of the molecule is C[C@H]1C[C@@H](C)N(C[C@@H](N)c2ccccc2)C1. The van der Waals surface area contributed by atoms with Gasteiger partial charge in [0.2, 0.25) is 0 Å². The van der Waals surface area contributed by atoms with Gasteiger partial charge in [0.25, 0.3) is 0 Å². The van der Waals surface area contributed by atoms with Crippen LogP contribution < -0.4 is 5.73 Å². The molecule has 1 heterocycles. The van der Waals surface area contributed by atoms with Crippen LogP contribution in [0, 0.1) is 5.92 Å². The molecular formula is C14H22N2. The molecule has 88 valence electrons. The van der Waals surface area contributed by atoms with Gasteiger partial charge < -0.3 is 5.73 Å². The van der Waals surface area contributed by atoms with Crippen LogP contribution in [0.4, 0.5) is 0 Å². The Morgan fingerprint density at radius 1 is 1.31 bits per heavy atom. The van der Waals surface area contributed by atoms with E-state index in [-0.39, 0.29) is 6.04 Å². The van der Waals surface area contributed by atoms with Gasteiger partial charge in [-0.05, 0) is 24.8 Å². The molecule has 2 heteroatoms. The van der Waals surface area contributed by atoms with Crippen LogP contribution in [0.3, 0.4) is 0 Å². The van der Waals surface area contributed by atoms with Gasteiger partial charge in [-0.3, -0.25) is 4.90 Å². The van der Waals surface area contributed by atoms with Gasteiger partial charge >= 0.3 is 0 Å². The van der Waals surface area contributed by atoms with E-state index >= 15 is 0 Å². The minimum atomic E-state index is 0.147. The Kier molecular flexibility index (Phi) is 3.62. The molecule has 0 saturated carbocycles. The first-order valence-electron chi connectivity index (χ1n) is 6.21. The third-order valence-corrected chi connectivity index (χ3v) is 3.57. The van der Waals surface area contributed by atoms with Crippen molar-refractivity contribution in [3.8, 4) is 0 Å². The Hall–Kier alpha value is -0.860. The Bertz CT molecular complexity index is 323. The van der Waals surface area contributed by atoms with E-state index in [4.69, 9.17) is 5.73 Å². The van der Waals surface area contributed by atoms with Gasteiger partial charge in [-0.1, -0.05) is 37.3 Å². The predicted octanol–water partition coefficient (Wildman–Crippen LogP) is 2.42. The number of nitrogens with two attached hydrogens (primary N) is 1. The molecule has 1 aromatic rings. The summed E-state index contributed by atoms with van der Waals surface area (Å²) >= 11 is 0. The van der Waals surface area contributed by atoms with Gasteiger partial charge in [-0.25, -0.2) is 0 Å². The molecule has 0 unspecified atom stereocenters. The van der Waals surface area contributed by atoms with Gasteiger partial charge in [0.1, 0.15) is 0 Å². The molecule has 2 rings (SSSR count). The second kappa shape index (κ2) is 4.98. The zero-order chi connectivity index (χ0) is 11.5. The lowest BCUT2D eigenvalue weighted by Gasteiger charge is -2.25. The zero-order valence-electron chi connectivity index (χ0n) is 10.3. The molecule has 2 N–H and O–H groups in total. The first kappa shape index (κ1) is 11.6. The zero-order valence-corrected chi connectivity index (χ0v) is 10.3. The number of rotatable bonds is 3. The smallest absolute Gasteiger partial charge is 0.0424 e. The normalized spacial score (nSPS) is 28.2. The molecule has 0 aromatic heterocycles. The third kappa shape index (κ3) is 2.63. The Morgan fingerprint density at radius 2 is 2.00 bits per heavy atom. The molecule has 1 aromatic carbocycles. The molecule has 0 amide bonds. The van der Waals surface area contributed by atoms with E-state index in [9.17, 15) is 0 Å². The Labute approximate surface area is 98.4 Å². The maximum atomic E-state index is 6.24. The molecule has 16 heavy (non-hydrogen) atoms. The highest BCUT2D eigenvalue weighted by Crippen LogP contribution is 2.24. The fourth-order valence-corrected chi connectivity index (χ4v) is 2.70. The van der Waals surface area contributed by atoms with Crippen molar-refractivity contribution in [3.05, 3.63) is 35.9 Å². The lowest BCUT2D eigenvalue weighted by atomic mass is 10.1. The highest BCUT2D eigenvalue weighted by molar-refractivity contribution is 5.18. The van der Waals surface area contributed by atoms with Gasteiger partial charge in [0.15, 0.2) is 0 Å². The summed E-state index contributed by atoms with van der Waals surface area (Å²) in [5.41, 5.74) is 7.49. The second-order valence-electron chi connectivity index (χ2n) is 5.16. The maximum Gasteiger partial charge on any atom is 0.0424 e. The highest BCUT2D eigenvalue weighted by atomic mass is 15.2. The van der Waals surface area contributed by atoms with Crippen molar-refractivity contribution in [2.75, 3.05) is 13.1 Å². The van der Waals surface area contributed by atoms with Crippen molar-refractivity contribution >= 4 is 0 Å². The van der Waals surface area contributed by atoms with Gasteiger partial charge in [0.05, 0.1) is 0 Å². The Balaban J connectivity index is 1.95. The topological polar surface area (TPSA) is 29.3 Å². The summed E-state index contributed by atoms with van der Waals surface area (Å²) in [4.78, 5) is 2.52. The maximum absolute atomic E-state index is 6.24. The van der Waals surface area contributed by atoms with Crippen molar-refractivity contribution in [2.24, 2.45) is 11.7 Å². The van der Waals surface area contributed by atoms with Crippen molar-refractivity contribution in [3.63, 3.8) is 0 Å². The summed E-state index contributed by atoms with van der Waals surface area (Å²) in [6, 6.07) is 11.2. The lowest BCUT2D eigenvalue weighted by molar-refractivity contribution is 0.249. The molecule has 0 bridgehead atoms. The second-order valence-corrected chi connectivity index (χ2v) is 5.16. The van der Waals surface area contributed by atoms with E-state index < -0.39 is 0 Å². The van der Waals surface area contributed by atoms with Gasteiger partial charge in [-0.2, -0.15) is 0 Å². The number of nitrogens with zero attached hydrogens (tertiary/aromatic N) is 1. The number of likely N-dealkylation sites (tertiary alicyclic amines) is 1. The fraction of sp³-hybridized carbons (Fsp3) is 0.571. The van der Waals surface area contributed by atoms with Gasteiger partial charge in [-0.15, -0.1) is 0 Å². The van der Waals surface area contributed by atoms with E-state index in [2.05, 4.69) is 43.0 Å². The van der Waals surface area contributed by atoms with E-state index in [1.807, 2.05) is 6.07 Å². The molecule has 1 aliphatic heterocycles. The third-order valence-electron chi connectivity index (χ3n) is 3.57. The summed E-state index contributed by atoms with van der Waals surface area (Å²) in [5, 5.41) is 0. The minimum Gasteiger partial charge on any atom is -0.323 e. The van der Waals surface area contributed by atoms with Crippen LogP contribution in [0.15, 0.2) is 30.3 Å². The molecule has 1 fully saturated rings. The first-order valence-corrected chi connectivity index (χ1v) is 6.21. The quantitative estimate of drug-likeness (QED) is 0.844. The molecule has 1 aliphatic rings. The first-order chi connectivity index (χ1) is 7.66. The molecule has 3 atom stereocenters. The van der Waals surface area contributed by atoms with E-state index in [0.717, 1.165) is 12.5 Å². The standard InChI is InChI=1S/C14H22N2/c1-11-8-12(2)16(9-11)10-14(15)13-6-4-3-5-7-13/h3-7,11-12,14H,8-10,15H2,1-2H3/t11-,12+,14+/m0/s1. The van der Waals surface area contributed by atoms with E-state index in [0.29, 0.717) is 6.04 Å². The van der Waals surface area contributed by atoms with E-state index in [1.165, 1.54) is 18.5 Å². The van der Waals surface area contributed by atoms with Crippen LogP contribution in [0.1, 0.15) is 31.9 Å². The van der Waals surface area contributed by atoms with Crippen LogP contribution >= 0.6 is 0 Å². The highest BCUT2D eigenvalue weighted by Gasteiger charge is 2.27. The number of hydrogen-bond donors (Lipinski definition) is 1. The lowest BCUT2D eigenvalue weighted by Crippen LogP contribution is -2.34. The van der Waals surface area contributed by atoms with Crippen LogP contribution in [-0.2, 0) is 0 Å². The molecule has 2 nitrogen and oxygen atoms in total. The molecular weight excluding hydrogens is 196 g/mol. The minimum absolute atomic E-state index is 0.147. The molecule has 0 spiro atoms. The van der Waals surface area contributed by atoms with Crippen LogP contribution in [0.2, 0.25) is 0 Å². The number of hydrogen-bond acceptors (Lipinski definition) is 2. The van der Waals surface area contributed by atoms with Crippen LogP contribution in [0.25, 0.3) is 0 Å². The van der Waals surface area contributed by atoms with Crippen molar-refractivity contribution < 1.29 is 0 Å². The van der Waals surface area contributed by atoms with Crippen LogP contribution in [-0.4, -0.2) is 24.0 Å². The van der Waals surface area contributed by atoms with Crippen LogP contribution in [0.5, 0.6) is 0 Å². The average Bonchev–Trinajstić information content (AvgIpc) is 2.59. The van der Waals surface area contributed by atoms with E-state index in [1.54, 1.807) is 0 Å². The monoisotopic (exact) mass is 218 g/mol. The average molecular weight is 218 g/mol. The summed E-state index contributed by atoms with van der Waals surface area (Å²) in [6.45, 7) is 6.81.